The fourth-order valence-corrected chi connectivity index (χ4v) is 13.2. The molecule has 5 aliphatic rings. The van der Waals surface area contributed by atoms with Crippen molar-refractivity contribution in [2.75, 3.05) is 27.4 Å². The van der Waals surface area contributed by atoms with Gasteiger partial charge in [0.1, 0.15) is 5.75 Å². The summed E-state index contributed by atoms with van der Waals surface area (Å²) in [4.78, 5) is 29.4. The summed E-state index contributed by atoms with van der Waals surface area (Å²) in [6, 6.07) is 15.9. The first-order chi connectivity index (χ1) is 23.4. The van der Waals surface area contributed by atoms with Crippen LogP contribution in [0.1, 0.15) is 102 Å². The molecular weight excluding hydrogens is 727 g/mol. The van der Waals surface area contributed by atoms with E-state index in [1.807, 2.05) is 27.0 Å². The third-order valence-corrected chi connectivity index (χ3v) is 16.6. The van der Waals surface area contributed by atoms with Gasteiger partial charge in [-0.15, -0.1) is 0 Å². The Hall–Kier alpha value is -3.08. The molecule has 8 nitrogen and oxygen atoms in total. The van der Waals surface area contributed by atoms with Gasteiger partial charge >= 0.3 is 252 Å². The molecule has 3 aromatic rings. The molecular formula is C40H53IN4O4. The number of halogens is 1. The van der Waals surface area contributed by atoms with Gasteiger partial charge in [0.15, 0.2) is 0 Å². The molecule has 4 aliphatic carbocycles. The number of nitrogens with one attached hydrogen (secondary N) is 1. The summed E-state index contributed by atoms with van der Waals surface area (Å²) >= 11 is -1.72. The van der Waals surface area contributed by atoms with E-state index in [0.717, 1.165) is 89.3 Å². The SMILES string of the molecule is COc1ccc(C23CCC(CN(C(=O)C4CCI(NC(=O)OC(C)(C)C)CC4)c4cccc(-c5cnn(C6CC6)c5)c4)(CC2)CC3)cc1C. The van der Waals surface area contributed by atoms with Gasteiger partial charge in [-0.05, 0) is 31.4 Å². The van der Waals surface area contributed by atoms with Crippen LogP contribution < -0.4 is 13.2 Å². The predicted molar refractivity (Wildman–Crippen MR) is 204 cm³/mol. The number of alkyl halides is 2. The van der Waals surface area contributed by atoms with Crippen LogP contribution in [0.2, 0.25) is 0 Å². The van der Waals surface area contributed by atoms with Crippen molar-refractivity contribution in [2.24, 2.45) is 11.3 Å². The van der Waals surface area contributed by atoms with Crippen LogP contribution >= 0.6 is 20.1 Å². The van der Waals surface area contributed by atoms with Crippen molar-refractivity contribution in [3.8, 4) is 16.9 Å². The molecule has 2 amide bonds. The van der Waals surface area contributed by atoms with E-state index in [-0.39, 0.29) is 28.7 Å². The molecule has 1 aromatic heterocycles. The summed E-state index contributed by atoms with van der Waals surface area (Å²) in [7, 11) is 1.74. The number of methoxy groups -OCH3 is 1. The van der Waals surface area contributed by atoms with Crippen LogP contribution in [0.3, 0.4) is 0 Å². The van der Waals surface area contributed by atoms with Crippen molar-refractivity contribution in [2.45, 2.75) is 109 Å². The molecule has 264 valence electrons. The smallest absolute Gasteiger partial charge is 0.0361 e. The number of carbonyl (C=O) groups excluding carboxylic acids is 2. The minimum Gasteiger partial charge on any atom is -0.0361 e. The predicted octanol–water partition coefficient (Wildman–Crippen LogP) is 9.18. The first-order valence-corrected chi connectivity index (χ1v) is 22.3. The van der Waals surface area contributed by atoms with E-state index >= 15 is 0 Å². The molecule has 0 spiro atoms. The number of hydrogen-bond acceptors (Lipinski definition) is 5. The standard InChI is InChI=1S/C40H53IN4O4/c1-28-23-32(9-12-35(28)48-5)40-18-15-39(16-19-40,17-20-40)27-44(34-8-6-7-30(24-34)31-25-42-45(26-31)33-10-11-33)36(46)29-13-21-41(22-14-29)43-37(47)49-38(2,3)4/h6-9,12,23-26,29,33H,10-11,13-22,27H2,1-5H3,(H,43,47). The van der Waals surface area contributed by atoms with Crippen molar-refractivity contribution in [1.82, 2.24) is 13.3 Å². The average molecular weight is 781 g/mol. The molecule has 9 heteroatoms. The zero-order chi connectivity index (χ0) is 34.4. The third kappa shape index (κ3) is 7.52. The summed E-state index contributed by atoms with van der Waals surface area (Å²) in [5.41, 5.74) is 5.71. The van der Waals surface area contributed by atoms with Crippen molar-refractivity contribution >= 4 is 37.8 Å². The second-order valence-corrected chi connectivity index (χ2v) is 21.4. The molecule has 2 aromatic carbocycles. The summed E-state index contributed by atoms with van der Waals surface area (Å²) in [6.07, 6.45) is 14.8. The molecule has 0 radical (unpaired) electrons. The molecule has 49 heavy (non-hydrogen) atoms. The van der Waals surface area contributed by atoms with Gasteiger partial charge in [0, 0.05) is 0 Å². The molecule has 2 bridgehead atoms. The number of hydrogen-bond donors (Lipinski definition) is 1. The van der Waals surface area contributed by atoms with Gasteiger partial charge in [-0.25, -0.2) is 0 Å². The van der Waals surface area contributed by atoms with E-state index in [1.165, 1.54) is 24.0 Å². The Morgan fingerprint density at radius 3 is 2.33 bits per heavy atom. The Labute approximate surface area is 299 Å². The summed E-state index contributed by atoms with van der Waals surface area (Å²) in [5.74, 6) is 1.18. The number of aromatic nitrogens is 2. The van der Waals surface area contributed by atoms with Gasteiger partial charge in [0.2, 0.25) is 0 Å². The summed E-state index contributed by atoms with van der Waals surface area (Å²) in [6.45, 7) is 8.60. The number of nitrogens with zero attached hydrogens (tertiary/aromatic N) is 3. The fourth-order valence-electron chi connectivity index (χ4n) is 8.39. The second kappa shape index (κ2) is 13.6. The number of amides is 2. The van der Waals surface area contributed by atoms with E-state index < -0.39 is 25.7 Å². The van der Waals surface area contributed by atoms with Crippen molar-refractivity contribution < 1.29 is 19.1 Å². The van der Waals surface area contributed by atoms with Gasteiger partial charge in [-0.1, -0.05) is 0 Å². The normalized spacial score (nSPS) is 24.8. The molecule has 1 aliphatic heterocycles. The Morgan fingerprint density at radius 1 is 0.980 bits per heavy atom. The molecule has 8 rings (SSSR count). The van der Waals surface area contributed by atoms with Crippen LogP contribution in [0.15, 0.2) is 54.9 Å². The summed E-state index contributed by atoms with van der Waals surface area (Å²) in [5, 5.41) is 4.65. The molecule has 4 saturated carbocycles. The van der Waals surface area contributed by atoms with E-state index in [2.05, 4.69) is 73.8 Å². The zero-order valence-corrected chi connectivity index (χ0v) is 32.1. The average Bonchev–Trinajstić information content (AvgIpc) is 3.83. The zero-order valence-electron chi connectivity index (χ0n) is 29.9. The molecule has 1 N–H and O–H groups in total. The van der Waals surface area contributed by atoms with Crippen molar-refractivity contribution in [3.05, 3.63) is 66.0 Å². The first-order valence-electron chi connectivity index (χ1n) is 18.2. The topological polar surface area (TPSA) is 85.7 Å². The van der Waals surface area contributed by atoms with Crippen LogP contribution in [0.5, 0.6) is 5.75 Å². The van der Waals surface area contributed by atoms with E-state index in [4.69, 9.17) is 9.47 Å². The summed E-state index contributed by atoms with van der Waals surface area (Å²) < 4.78 is 18.3. The van der Waals surface area contributed by atoms with Crippen LogP contribution in [-0.4, -0.2) is 49.9 Å². The maximum absolute atomic E-state index is 14.7. The van der Waals surface area contributed by atoms with Crippen LogP contribution in [0, 0.1) is 18.3 Å². The minimum absolute atomic E-state index is 0.0276. The molecule has 1 saturated heterocycles. The third-order valence-electron chi connectivity index (χ3n) is 11.5. The van der Waals surface area contributed by atoms with E-state index in [0.29, 0.717) is 6.04 Å². The molecule has 0 unspecified atom stereocenters. The van der Waals surface area contributed by atoms with E-state index in [9.17, 15) is 9.59 Å². The fraction of sp³-hybridized carbons (Fsp3) is 0.575. The van der Waals surface area contributed by atoms with Gasteiger partial charge in [0.25, 0.3) is 0 Å². The Bertz CT molecular complexity index is 1660. The monoisotopic (exact) mass is 780 g/mol. The number of carbonyl (C=O) groups is 2. The number of rotatable bonds is 9. The van der Waals surface area contributed by atoms with Gasteiger partial charge < -0.3 is 4.74 Å². The quantitative estimate of drug-likeness (QED) is 0.133. The first kappa shape index (κ1) is 34.4. The molecule has 0 atom stereocenters. The number of aryl methyl sites for hydroxylation is 1. The van der Waals surface area contributed by atoms with Crippen LogP contribution in [-0.2, 0) is 14.9 Å². The molecule has 2 heterocycles. The number of fused-ring (bicyclic) bond motifs is 3. The Morgan fingerprint density at radius 2 is 1.69 bits per heavy atom. The van der Waals surface area contributed by atoms with Crippen molar-refractivity contribution in [1.29, 1.82) is 0 Å². The Kier molecular flexibility index (Phi) is 9.52. The maximum atomic E-state index is 14.7. The Balaban J connectivity index is 1.10. The van der Waals surface area contributed by atoms with Crippen molar-refractivity contribution in [3.63, 3.8) is 0 Å². The van der Waals surface area contributed by atoms with Gasteiger partial charge in [-0.2, -0.15) is 0 Å². The number of benzene rings is 2. The number of ether oxygens (including phenoxy) is 2. The van der Waals surface area contributed by atoms with Crippen LogP contribution in [0.25, 0.3) is 11.1 Å². The number of anilines is 1. The second-order valence-electron chi connectivity index (χ2n) is 16.1. The van der Waals surface area contributed by atoms with Crippen LogP contribution in [0.4, 0.5) is 10.5 Å². The van der Waals surface area contributed by atoms with Gasteiger partial charge in [-0.3, -0.25) is 0 Å². The minimum atomic E-state index is -1.72. The van der Waals surface area contributed by atoms with E-state index in [1.54, 1.807) is 7.11 Å². The molecule has 5 fully saturated rings. The van der Waals surface area contributed by atoms with Gasteiger partial charge in [0.05, 0.1) is 7.11 Å².